The number of anilines is 1. The SMILES string of the molecule is Cc1cnc2ccccc2c1NC(=O)c1cccn(CC(C)C)c1=O. The highest BCUT2D eigenvalue weighted by Gasteiger charge is 2.15. The van der Waals surface area contributed by atoms with Crippen molar-refractivity contribution in [2.24, 2.45) is 5.92 Å². The van der Waals surface area contributed by atoms with Gasteiger partial charge in [-0.2, -0.15) is 0 Å². The number of carbonyl (C=O) groups is 1. The molecule has 0 radical (unpaired) electrons. The Hall–Kier alpha value is -2.95. The molecule has 0 aliphatic heterocycles. The molecule has 0 bridgehead atoms. The molecule has 5 heteroatoms. The van der Waals surface area contributed by atoms with Crippen LogP contribution in [0.15, 0.2) is 53.6 Å². The maximum atomic E-state index is 12.7. The molecule has 0 fully saturated rings. The summed E-state index contributed by atoms with van der Waals surface area (Å²) in [7, 11) is 0. The average molecular weight is 335 g/mol. The zero-order chi connectivity index (χ0) is 18.0. The summed E-state index contributed by atoms with van der Waals surface area (Å²) in [5.41, 5.74) is 2.21. The molecule has 25 heavy (non-hydrogen) atoms. The molecule has 2 heterocycles. The smallest absolute Gasteiger partial charge is 0.263 e. The Balaban J connectivity index is 1.99. The van der Waals surface area contributed by atoms with E-state index in [1.54, 1.807) is 29.1 Å². The van der Waals surface area contributed by atoms with Crippen LogP contribution in [0.4, 0.5) is 5.69 Å². The molecule has 0 aliphatic rings. The van der Waals surface area contributed by atoms with Gasteiger partial charge in [0, 0.05) is 24.3 Å². The number of aryl methyl sites for hydroxylation is 1. The highest BCUT2D eigenvalue weighted by Crippen LogP contribution is 2.25. The number of hydrogen-bond donors (Lipinski definition) is 1. The number of carbonyl (C=O) groups excluding carboxylic acids is 1. The Bertz CT molecular complexity index is 990. The van der Waals surface area contributed by atoms with Gasteiger partial charge in [0.1, 0.15) is 5.56 Å². The second kappa shape index (κ2) is 6.89. The van der Waals surface area contributed by atoms with E-state index < -0.39 is 5.91 Å². The summed E-state index contributed by atoms with van der Waals surface area (Å²) in [6.07, 6.45) is 3.44. The van der Waals surface area contributed by atoms with E-state index in [-0.39, 0.29) is 11.1 Å². The number of aromatic nitrogens is 2. The van der Waals surface area contributed by atoms with E-state index in [0.717, 1.165) is 16.5 Å². The summed E-state index contributed by atoms with van der Waals surface area (Å²) in [5, 5.41) is 3.75. The molecule has 2 aromatic heterocycles. The lowest BCUT2D eigenvalue weighted by Crippen LogP contribution is -2.30. The predicted molar refractivity (Wildman–Crippen MR) is 100.0 cm³/mol. The minimum atomic E-state index is -0.400. The first kappa shape index (κ1) is 16.9. The number of nitrogens with one attached hydrogen (secondary N) is 1. The number of pyridine rings is 2. The van der Waals surface area contributed by atoms with Crippen LogP contribution in [0, 0.1) is 12.8 Å². The van der Waals surface area contributed by atoms with E-state index in [4.69, 9.17) is 0 Å². The summed E-state index contributed by atoms with van der Waals surface area (Å²) in [6, 6.07) is 10.9. The predicted octanol–water partition coefficient (Wildman–Crippen LogP) is 3.61. The van der Waals surface area contributed by atoms with Crippen LogP contribution in [0.5, 0.6) is 0 Å². The summed E-state index contributed by atoms with van der Waals surface area (Å²) >= 11 is 0. The van der Waals surface area contributed by atoms with Crippen LogP contribution in [0.3, 0.4) is 0 Å². The molecule has 1 amide bonds. The van der Waals surface area contributed by atoms with Crippen molar-refractivity contribution >= 4 is 22.5 Å². The molecule has 0 aliphatic carbocycles. The van der Waals surface area contributed by atoms with E-state index in [9.17, 15) is 9.59 Å². The standard InChI is InChI=1S/C20H21N3O2/c1-13(2)12-23-10-6-8-16(20(23)25)19(24)22-18-14(3)11-21-17-9-5-4-7-15(17)18/h4-11,13H,12H2,1-3H3,(H,21,22,24). The Kier molecular flexibility index (Phi) is 4.65. The Morgan fingerprint density at radius 2 is 1.96 bits per heavy atom. The zero-order valence-corrected chi connectivity index (χ0v) is 14.6. The van der Waals surface area contributed by atoms with E-state index in [0.29, 0.717) is 18.2 Å². The molecule has 128 valence electrons. The van der Waals surface area contributed by atoms with Crippen LogP contribution < -0.4 is 10.9 Å². The minimum Gasteiger partial charge on any atom is -0.321 e. The first-order chi connectivity index (χ1) is 12.0. The van der Waals surface area contributed by atoms with Gasteiger partial charge in [-0.25, -0.2) is 0 Å². The van der Waals surface area contributed by atoms with Gasteiger partial charge in [-0.05, 0) is 36.6 Å². The quantitative estimate of drug-likeness (QED) is 0.792. The molecule has 1 aromatic carbocycles. The van der Waals surface area contributed by atoms with Crippen molar-refractivity contribution in [1.29, 1.82) is 0 Å². The number of amides is 1. The summed E-state index contributed by atoms with van der Waals surface area (Å²) in [5.74, 6) is -0.0787. The molecule has 0 saturated heterocycles. The van der Waals surface area contributed by atoms with Crippen LogP contribution >= 0.6 is 0 Å². The second-order valence-electron chi connectivity index (χ2n) is 6.56. The largest absolute Gasteiger partial charge is 0.321 e. The number of fused-ring (bicyclic) bond motifs is 1. The van der Waals surface area contributed by atoms with Gasteiger partial charge < -0.3 is 9.88 Å². The fraction of sp³-hybridized carbons (Fsp3) is 0.250. The normalized spacial score (nSPS) is 11.0. The third kappa shape index (κ3) is 3.45. The first-order valence-electron chi connectivity index (χ1n) is 8.32. The number of rotatable bonds is 4. The molecule has 0 spiro atoms. The highest BCUT2D eigenvalue weighted by atomic mass is 16.2. The molecule has 3 rings (SSSR count). The fourth-order valence-electron chi connectivity index (χ4n) is 2.83. The van der Waals surface area contributed by atoms with Gasteiger partial charge in [-0.15, -0.1) is 0 Å². The van der Waals surface area contributed by atoms with Crippen molar-refractivity contribution in [3.63, 3.8) is 0 Å². The topological polar surface area (TPSA) is 64.0 Å². The van der Waals surface area contributed by atoms with Gasteiger partial charge in [0.2, 0.25) is 0 Å². The van der Waals surface area contributed by atoms with E-state index in [1.807, 2.05) is 45.0 Å². The van der Waals surface area contributed by atoms with Crippen molar-refractivity contribution in [3.8, 4) is 0 Å². The molecule has 3 aromatic rings. The minimum absolute atomic E-state index is 0.142. The van der Waals surface area contributed by atoms with Gasteiger partial charge in [0.25, 0.3) is 11.5 Å². The summed E-state index contributed by atoms with van der Waals surface area (Å²) < 4.78 is 1.58. The zero-order valence-electron chi connectivity index (χ0n) is 14.6. The summed E-state index contributed by atoms with van der Waals surface area (Å²) in [6.45, 7) is 6.53. The van der Waals surface area contributed by atoms with Gasteiger partial charge in [0.05, 0.1) is 11.2 Å². The van der Waals surface area contributed by atoms with Crippen LogP contribution in [-0.4, -0.2) is 15.5 Å². The van der Waals surface area contributed by atoms with E-state index in [1.165, 1.54) is 0 Å². The van der Waals surface area contributed by atoms with Crippen LogP contribution in [-0.2, 0) is 6.54 Å². The van der Waals surface area contributed by atoms with Crippen molar-refractivity contribution < 1.29 is 4.79 Å². The van der Waals surface area contributed by atoms with Crippen molar-refractivity contribution in [1.82, 2.24) is 9.55 Å². The van der Waals surface area contributed by atoms with Gasteiger partial charge in [-0.1, -0.05) is 32.0 Å². The average Bonchev–Trinajstić information content (AvgIpc) is 2.59. The van der Waals surface area contributed by atoms with Crippen LogP contribution in [0.25, 0.3) is 10.9 Å². The van der Waals surface area contributed by atoms with Crippen molar-refractivity contribution in [2.45, 2.75) is 27.3 Å². The lowest BCUT2D eigenvalue weighted by Gasteiger charge is -2.13. The highest BCUT2D eigenvalue weighted by molar-refractivity contribution is 6.09. The van der Waals surface area contributed by atoms with Crippen LogP contribution in [0.1, 0.15) is 29.8 Å². The molecular weight excluding hydrogens is 314 g/mol. The summed E-state index contributed by atoms with van der Waals surface area (Å²) in [4.78, 5) is 29.7. The van der Waals surface area contributed by atoms with Crippen molar-refractivity contribution in [2.75, 3.05) is 5.32 Å². The lowest BCUT2D eigenvalue weighted by molar-refractivity contribution is 0.102. The third-order valence-corrected chi connectivity index (χ3v) is 4.03. The maximum absolute atomic E-state index is 12.7. The first-order valence-corrected chi connectivity index (χ1v) is 8.32. The van der Waals surface area contributed by atoms with Crippen LogP contribution in [0.2, 0.25) is 0 Å². The van der Waals surface area contributed by atoms with Crippen molar-refractivity contribution in [3.05, 3.63) is 70.3 Å². The van der Waals surface area contributed by atoms with Gasteiger partial charge in [-0.3, -0.25) is 14.6 Å². The Morgan fingerprint density at radius 3 is 2.72 bits per heavy atom. The number of benzene rings is 1. The lowest BCUT2D eigenvalue weighted by atomic mass is 10.1. The maximum Gasteiger partial charge on any atom is 0.263 e. The second-order valence-corrected chi connectivity index (χ2v) is 6.56. The molecule has 0 unspecified atom stereocenters. The van der Waals surface area contributed by atoms with E-state index in [2.05, 4.69) is 10.3 Å². The number of para-hydroxylation sites is 1. The van der Waals surface area contributed by atoms with Gasteiger partial charge in [0.15, 0.2) is 0 Å². The van der Waals surface area contributed by atoms with E-state index >= 15 is 0 Å². The molecule has 5 nitrogen and oxygen atoms in total. The number of nitrogens with zero attached hydrogens (tertiary/aromatic N) is 2. The third-order valence-electron chi connectivity index (χ3n) is 4.03. The Labute approximate surface area is 146 Å². The Morgan fingerprint density at radius 1 is 1.20 bits per heavy atom. The monoisotopic (exact) mass is 335 g/mol. The fourth-order valence-corrected chi connectivity index (χ4v) is 2.83. The molecule has 1 N–H and O–H groups in total. The van der Waals surface area contributed by atoms with Gasteiger partial charge >= 0.3 is 0 Å². The molecular formula is C20H21N3O2. The molecule has 0 atom stereocenters. The number of hydrogen-bond acceptors (Lipinski definition) is 3. The molecule has 0 saturated carbocycles.